The van der Waals surface area contributed by atoms with Gasteiger partial charge >= 0.3 is 0 Å². The average molecular weight is 307 g/mol. The van der Waals surface area contributed by atoms with E-state index in [1.165, 1.54) is 18.9 Å². The summed E-state index contributed by atoms with van der Waals surface area (Å²) in [6.07, 6.45) is 4.92. The van der Waals surface area contributed by atoms with Crippen LogP contribution in [0.3, 0.4) is 0 Å². The lowest BCUT2D eigenvalue weighted by Crippen LogP contribution is -2.36. The molecule has 4 heteroatoms. The largest absolute Gasteiger partial charge is 0.204 e. The van der Waals surface area contributed by atoms with Crippen molar-refractivity contribution in [3.05, 3.63) is 35.4 Å². The summed E-state index contributed by atoms with van der Waals surface area (Å²) in [5, 5.41) is 0. The van der Waals surface area contributed by atoms with Crippen LogP contribution in [-0.2, 0) is 6.42 Å². The van der Waals surface area contributed by atoms with E-state index in [1.807, 2.05) is 0 Å². The second kappa shape index (κ2) is 6.41. The maximum atomic E-state index is 13.8. The Morgan fingerprint density at radius 2 is 1.74 bits per heavy atom. The minimum Gasteiger partial charge on any atom is -0.204 e. The summed E-state index contributed by atoms with van der Waals surface area (Å²) in [5.41, 5.74) is 0.0574. The van der Waals surface area contributed by atoms with Crippen LogP contribution >= 0.6 is 23.2 Å². The van der Waals surface area contributed by atoms with E-state index in [-0.39, 0.29) is 5.41 Å². The highest BCUT2D eigenvalue weighted by molar-refractivity contribution is 6.21. The van der Waals surface area contributed by atoms with Gasteiger partial charge in [-0.1, -0.05) is 25.0 Å². The van der Waals surface area contributed by atoms with Gasteiger partial charge in [-0.05, 0) is 36.8 Å². The molecule has 1 aliphatic rings. The molecule has 106 valence electrons. The monoisotopic (exact) mass is 306 g/mol. The van der Waals surface area contributed by atoms with Gasteiger partial charge in [-0.2, -0.15) is 0 Å². The van der Waals surface area contributed by atoms with Crippen LogP contribution in [0.25, 0.3) is 0 Å². The van der Waals surface area contributed by atoms with Gasteiger partial charge in [0.25, 0.3) is 0 Å². The predicted octanol–water partition coefficient (Wildman–Crippen LogP) is 5.16. The molecule has 0 heterocycles. The van der Waals surface area contributed by atoms with Gasteiger partial charge in [-0.3, -0.25) is 0 Å². The third-order valence-corrected chi connectivity index (χ3v) is 5.39. The zero-order chi connectivity index (χ0) is 13.9. The zero-order valence-electron chi connectivity index (χ0n) is 10.8. The SMILES string of the molecule is Fc1cccc(CC(CCl)(CCl)C2CCCC2)c1F. The van der Waals surface area contributed by atoms with Gasteiger partial charge in [-0.25, -0.2) is 8.78 Å². The molecule has 1 aliphatic carbocycles. The summed E-state index contributed by atoms with van der Waals surface area (Å²) in [6.45, 7) is 0. The molecule has 19 heavy (non-hydrogen) atoms. The fourth-order valence-electron chi connectivity index (χ4n) is 3.10. The average Bonchev–Trinajstić information content (AvgIpc) is 2.95. The molecule has 0 bridgehead atoms. The molecule has 0 nitrogen and oxygen atoms in total. The van der Waals surface area contributed by atoms with E-state index in [9.17, 15) is 8.78 Å². The Balaban J connectivity index is 2.27. The second-order valence-electron chi connectivity index (χ2n) is 5.50. The summed E-state index contributed by atoms with van der Waals surface area (Å²) >= 11 is 12.3. The number of rotatable bonds is 5. The van der Waals surface area contributed by atoms with E-state index in [0.29, 0.717) is 29.7 Å². The van der Waals surface area contributed by atoms with Gasteiger partial charge < -0.3 is 0 Å². The summed E-state index contributed by atoms with van der Waals surface area (Å²) < 4.78 is 27.1. The lowest BCUT2D eigenvalue weighted by molar-refractivity contribution is 0.222. The minimum atomic E-state index is -0.804. The molecular formula is C15H18Cl2F2. The summed E-state index contributed by atoms with van der Waals surface area (Å²) in [5.74, 6) is -0.388. The van der Waals surface area contributed by atoms with Crippen LogP contribution < -0.4 is 0 Å². The van der Waals surface area contributed by atoms with Crippen LogP contribution in [0.2, 0.25) is 0 Å². The van der Waals surface area contributed by atoms with Crippen molar-refractivity contribution in [2.75, 3.05) is 11.8 Å². The van der Waals surface area contributed by atoms with E-state index < -0.39 is 11.6 Å². The van der Waals surface area contributed by atoms with Crippen molar-refractivity contribution in [3.8, 4) is 0 Å². The topological polar surface area (TPSA) is 0 Å². The normalized spacial score (nSPS) is 17.1. The Kier molecular flexibility index (Phi) is 5.08. The fraction of sp³-hybridized carbons (Fsp3) is 0.600. The van der Waals surface area contributed by atoms with Gasteiger partial charge in [0.1, 0.15) is 0 Å². The summed E-state index contributed by atoms with van der Waals surface area (Å²) in [7, 11) is 0. The van der Waals surface area contributed by atoms with Crippen molar-refractivity contribution in [1.82, 2.24) is 0 Å². The number of halogens is 4. The molecule has 0 radical (unpaired) electrons. The van der Waals surface area contributed by atoms with Crippen molar-refractivity contribution in [2.45, 2.75) is 32.1 Å². The molecule has 1 aromatic rings. The lowest BCUT2D eigenvalue weighted by Gasteiger charge is -2.36. The van der Waals surface area contributed by atoms with E-state index in [1.54, 1.807) is 6.07 Å². The predicted molar refractivity (Wildman–Crippen MR) is 75.9 cm³/mol. The molecule has 0 spiro atoms. The van der Waals surface area contributed by atoms with Crippen LogP contribution in [-0.4, -0.2) is 11.8 Å². The Hall–Kier alpha value is -0.340. The van der Waals surface area contributed by atoms with Crippen LogP contribution in [0.15, 0.2) is 18.2 Å². The third kappa shape index (κ3) is 3.05. The molecule has 0 amide bonds. The van der Waals surface area contributed by atoms with Crippen molar-refractivity contribution >= 4 is 23.2 Å². The van der Waals surface area contributed by atoms with E-state index in [4.69, 9.17) is 23.2 Å². The molecule has 0 aromatic heterocycles. The van der Waals surface area contributed by atoms with Crippen LogP contribution in [0.5, 0.6) is 0 Å². The Bertz CT molecular complexity index is 424. The van der Waals surface area contributed by atoms with Gasteiger partial charge in [-0.15, -0.1) is 23.2 Å². The molecular weight excluding hydrogens is 289 g/mol. The first-order valence-electron chi connectivity index (χ1n) is 6.68. The zero-order valence-corrected chi connectivity index (χ0v) is 12.3. The Labute approximate surface area is 123 Å². The number of alkyl halides is 2. The fourth-order valence-corrected chi connectivity index (χ4v) is 4.01. The molecule has 0 N–H and O–H groups in total. The summed E-state index contributed by atoms with van der Waals surface area (Å²) in [4.78, 5) is 0. The summed E-state index contributed by atoms with van der Waals surface area (Å²) in [6, 6.07) is 4.30. The first-order chi connectivity index (χ1) is 9.13. The van der Waals surface area contributed by atoms with Crippen molar-refractivity contribution < 1.29 is 8.78 Å². The molecule has 0 saturated heterocycles. The maximum absolute atomic E-state index is 13.8. The second-order valence-corrected chi connectivity index (χ2v) is 6.04. The Morgan fingerprint density at radius 3 is 2.32 bits per heavy atom. The molecule has 1 aromatic carbocycles. The van der Waals surface area contributed by atoms with Gasteiger partial charge in [0.2, 0.25) is 0 Å². The van der Waals surface area contributed by atoms with Crippen LogP contribution in [0.4, 0.5) is 8.78 Å². The van der Waals surface area contributed by atoms with Crippen molar-refractivity contribution in [3.63, 3.8) is 0 Å². The van der Waals surface area contributed by atoms with Gasteiger partial charge in [0.05, 0.1) is 0 Å². The molecule has 0 unspecified atom stereocenters. The van der Waals surface area contributed by atoms with Crippen molar-refractivity contribution in [2.24, 2.45) is 11.3 Å². The molecule has 0 atom stereocenters. The van der Waals surface area contributed by atoms with Gasteiger partial charge in [0.15, 0.2) is 11.6 Å². The quantitative estimate of drug-likeness (QED) is 0.659. The van der Waals surface area contributed by atoms with Gasteiger partial charge in [0, 0.05) is 17.2 Å². The molecule has 1 saturated carbocycles. The third-order valence-electron chi connectivity index (χ3n) is 4.33. The minimum absolute atomic E-state index is 0.325. The maximum Gasteiger partial charge on any atom is 0.162 e. The molecule has 1 fully saturated rings. The van der Waals surface area contributed by atoms with Crippen molar-refractivity contribution in [1.29, 1.82) is 0 Å². The first kappa shape index (κ1) is 15.1. The first-order valence-corrected chi connectivity index (χ1v) is 7.74. The van der Waals surface area contributed by atoms with Crippen LogP contribution in [0.1, 0.15) is 31.2 Å². The standard InChI is InChI=1S/C15H18Cl2F2/c16-9-15(10-17,12-5-1-2-6-12)8-11-4-3-7-13(18)14(11)19/h3-4,7,12H,1-2,5-6,8-10H2. The highest BCUT2D eigenvalue weighted by Gasteiger charge is 2.39. The van der Waals surface area contributed by atoms with E-state index in [2.05, 4.69) is 0 Å². The molecule has 2 rings (SSSR count). The number of hydrogen-bond donors (Lipinski definition) is 0. The van der Waals surface area contributed by atoms with E-state index >= 15 is 0 Å². The lowest BCUT2D eigenvalue weighted by atomic mass is 9.73. The van der Waals surface area contributed by atoms with Crippen LogP contribution in [0, 0.1) is 23.0 Å². The Morgan fingerprint density at radius 1 is 1.11 bits per heavy atom. The smallest absolute Gasteiger partial charge is 0.162 e. The highest BCUT2D eigenvalue weighted by atomic mass is 35.5. The number of hydrogen-bond acceptors (Lipinski definition) is 0. The number of benzene rings is 1. The highest BCUT2D eigenvalue weighted by Crippen LogP contribution is 2.44. The molecule has 0 aliphatic heterocycles. The van der Waals surface area contributed by atoms with E-state index in [0.717, 1.165) is 18.9 Å².